The second kappa shape index (κ2) is 2.09. The third-order valence-corrected chi connectivity index (χ3v) is 2.44. The molecule has 0 atom stereocenters. The molecule has 0 bridgehead atoms. The molecule has 1 aromatic heterocycles. The molecule has 2 nitrogen and oxygen atoms in total. The van der Waals surface area contributed by atoms with Crippen LogP contribution >= 0.6 is 15.9 Å². The van der Waals surface area contributed by atoms with Gasteiger partial charge in [-0.15, -0.1) is 0 Å². The summed E-state index contributed by atoms with van der Waals surface area (Å²) in [5.74, 6) is 1.12. The zero-order valence-electron chi connectivity index (χ0n) is 5.84. The van der Waals surface area contributed by atoms with Gasteiger partial charge in [0.05, 0.1) is 6.20 Å². The minimum absolute atomic E-state index is 0.733. The standard InChI is InChI=1S/C7H9BrN2/c1-5-9-4-7(8)10(5)6-2-3-6/h4,6H,2-3H2,1H3. The number of hydrogen-bond acceptors (Lipinski definition) is 1. The lowest BCUT2D eigenvalue weighted by atomic mass is 10.6. The summed E-state index contributed by atoms with van der Waals surface area (Å²) in [7, 11) is 0. The van der Waals surface area contributed by atoms with E-state index in [1.54, 1.807) is 0 Å². The number of rotatable bonds is 1. The van der Waals surface area contributed by atoms with Crippen molar-refractivity contribution in [3.8, 4) is 0 Å². The smallest absolute Gasteiger partial charge is 0.106 e. The van der Waals surface area contributed by atoms with Gasteiger partial charge in [-0.2, -0.15) is 0 Å². The van der Waals surface area contributed by atoms with E-state index in [0.29, 0.717) is 0 Å². The third-order valence-electron chi connectivity index (χ3n) is 1.85. The molecular formula is C7H9BrN2. The van der Waals surface area contributed by atoms with Crippen LogP contribution in [-0.4, -0.2) is 9.55 Å². The molecule has 2 rings (SSSR count). The zero-order valence-corrected chi connectivity index (χ0v) is 7.43. The van der Waals surface area contributed by atoms with E-state index in [1.165, 1.54) is 12.8 Å². The molecule has 10 heavy (non-hydrogen) atoms. The molecule has 0 radical (unpaired) electrons. The van der Waals surface area contributed by atoms with Crippen LogP contribution < -0.4 is 0 Å². The summed E-state index contributed by atoms with van der Waals surface area (Å²) >= 11 is 3.46. The van der Waals surface area contributed by atoms with Gasteiger partial charge in [0.2, 0.25) is 0 Å². The summed E-state index contributed by atoms with van der Waals surface area (Å²) < 4.78 is 3.37. The number of aryl methyl sites for hydroxylation is 1. The fourth-order valence-electron chi connectivity index (χ4n) is 1.20. The van der Waals surface area contributed by atoms with Gasteiger partial charge < -0.3 is 4.57 Å². The van der Waals surface area contributed by atoms with E-state index in [9.17, 15) is 0 Å². The Morgan fingerprint density at radius 1 is 1.70 bits per heavy atom. The van der Waals surface area contributed by atoms with Crippen LogP contribution in [0.25, 0.3) is 0 Å². The summed E-state index contributed by atoms with van der Waals surface area (Å²) in [4.78, 5) is 4.19. The molecule has 1 saturated carbocycles. The topological polar surface area (TPSA) is 17.8 Å². The van der Waals surface area contributed by atoms with Gasteiger partial charge in [-0.3, -0.25) is 0 Å². The molecule has 0 amide bonds. The predicted octanol–water partition coefficient (Wildman–Crippen LogP) is 2.29. The van der Waals surface area contributed by atoms with Gasteiger partial charge in [-0.1, -0.05) is 0 Å². The van der Waals surface area contributed by atoms with Crippen molar-refractivity contribution < 1.29 is 0 Å². The maximum Gasteiger partial charge on any atom is 0.106 e. The van der Waals surface area contributed by atoms with Crippen molar-refractivity contribution >= 4 is 15.9 Å². The van der Waals surface area contributed by atoms with Crippen LogP contribution in [0.2, 0.25) is 0 Å². The first-order valence-electron chi connectivity index (χ1n) is 3.48. The molecule has 1 aliphatic rings. The first kappa shape index (κ1) is 6.40. The van der Waals surface area contributed by atoms with Crippen molar-refractivity contribution in [1.29, 1.82) is 0 Å². The highest BCUT2D eigenvalue weighted by atomic mass is 79.9. The van der Waals surface area contributed by atoms with E-state index < -0.39 is 0 Å². The van der Waals surface area contributed by atoms with E-state index in [-0.39, 0.29) is 0 Å². The molecule has 1 aromatic rings. The third kappa shape index (κ3) is 0.888. The number of aromatic nitrogens is 2. The maximum atomic E-state index is 4.19. The van der Waals surface area contributed by atoms with Crippen molar-refractivity contribution in [2.45, 2.75) is 25.8 Å². The highest BCUT2D eigenvalue weighted by molar-refractivity contribution is 9.10. The lowest BCUT2D eigenvalue weighted by Crippen LogP contribution is -1.96. The molecule has 0 saturated heterocycles. The molecule has 54 valence electrons. The van der Waals surface area contributed by atoms with Gasteiger partial charge in [0, 0.05) is 6.04 Å². The van der Waals surface area contributed by atoms with E-state index in [1.807, 2.05) is 13.1 Å². The van der Waals surface area contributed by atoms with Gasteiger partial charge in [0.15, 0.2) is 0 Å². The number of nitrogens with zero attached hydrogens (tertiary/aromatic N) is 2. The maximum absolute atomic E-state index is 4.19. The summed E-state index contributed by atoms with van der Waals surface area (Å²) in [5.41, 5.74) is 0. The minimum atomic E-state index is 0.733. The van der Waals surface area contributed by atoms with E-state index in [0.717, 1.165) is 16.5 Å². The molecular weight excluding hydrogens is 192 g/mol. The lowest BCUT2D eigenvalue weighted by molar-refractivity contribution is 0.696. The molecule has 0 spiro atoms. The van der Waals surface area contributed by atoms with Crippen LogP contribution in [-0.2, 0) is 0 Å². The molecule has 1 heterocycles. The van der Waals surface area contributed by atoms with E-state index in [4.69, 9.17) is 0 Å². The monoisotopic (exact) mass is 200 g/mol. The Morgan fingerprint density at radius 2 is 2.40 bits per heavy atom. The molecule has 3 heteroatoms. The number of imidazole rings is 1. The van der Waals surface area contributed by atoms with E-state index >= 15 is 0 Å². The molecule has 1 fully saturated rings. The molecule has 1 aliphatic carbocycles. The van der Waals surface area contributed by atoms with Crippen molar-refractivity contribution in [1.82, 2.24) is 9.55 Å². The zero-order chi connectivity index (χ0) is 7.14. The largest absolute Gasteiger partial charge is 0.320 e. The average molecular weight is 201 g/mol. The summed E-state index contributed by atoms with van der Waals surface area (Å²) in [6.07, 6.45) is 4.50. The van der Waals surface area contributed by atoms with Gasteiger partial charge in [-0.25, -0.2) is 4.98 Å². The summed E-state index contributed by atoms with van der Waals surface area (Å²) in [6.45, 7) is 2.04. The highest BCUT2D eigenvalue weighted by Crippen LogP contribution is 2.38. The van der Waals surface area contributed by atoms with Gasteiger partial charge in [0.25, 0.3) is 0 Å². The molecule has 0 aliphatic heterocycles. The van der Waals surface area contributed by atoms with Crippen LogP contribution in [0.5, 0.6) is 0 Å². The summed E-state index contributed by atoms with van der Waals surface area (Å²) in [5, 5.41) is 0. The van der Waals surface area contributed by atoms with Crippen LogP contribution in [0, 0.1) is 6.92 Å². The van der Waals surface area contributed by atoms with E-state index in [2.05, 4.69) is 25.5 Å². The van der Waals surface area contributed by atoms with Crippen LogP contribution in [0.15, 0.2) is 10.8 Å². The van der Waals surface area contributed by atoms with Gasteiger partial charge in [0.1, 0.15) is 10.4 Å². The van der Waals surface area contributed by atoms with Crippen molar-refractivity contribution in [2.75, 3.05) is 0 Å². The second-order valence-electron chi connectivity index (χ2n) is 2.73. The van der Waals surface area contributed by atoms with Crippen LogP contribution in [0.1, 0.15) is 24.7 Å². The Labute approximate surface area is 68.4 Å². The fraction of sp³-hybridized carbons (Fsp3) is 0.571. The quantitative estimate of drug-likeness (QED) is 0.681. The van der Waals surface area contributed by atoms with Crippen LogP contribution in [0.4, 0.5) is 0 Å². The Hall–Kier alpha value is -0.310. The fourth-order valence-corrected chi connectivity index (χ4v) is 1.85. The Kier molecular flexibility index (Phi) is 1.34. The normalized spacial score (nSPS) is 17.8. The Balaban J connectivity index is 2.44. The number of halogens is 1. The molecule has 0 unspecified atom stereocenters. The first-order valence-corrected chi connectivity index (χ1v) is 4.27. The Bertz CT molecular complexity index is 231. The number of hydrogen-bond donors (Lipinski definition) is 0. The van der Waals surface area contributed by atoms with Crippen molar-refractivity contribution in [3.05, 3.63) is 16.6 Å². The lowest BCUT2D eigenvalue weighted by Gasteiger charge is -2.01. The highest BCUT2D eigenvalue weighted by Gasteiger charge is 2.26. The predicted molar refractivity (Wildman–Crippen MR) is 42.9 cm³/mol. The molecule has 0 N–H and O–H groups in total. The van der Waals surface area contributed by atoms with Gasteiger partial charge in [-0.05, 0) is 35.7 Å². The summed E-state index contributed by atoms with van der Waals surface area (Å²) in [6, 6.07) is 0.733. The minimum Gasteiger partial charge on any atom is -0.320 e. The van der Waals surface area contributed by atoms with Crippen molar-refractivity contribution in [3.63, 3.8) is 0 Å². The second-order valence-corrected chi connectivity index (χ2v) is 3.54. The van der Waals surface area contributed by atoms with Crippen LogP contribution in [0.3, 0.4) is 0 Å². The Morgan fingerprint density at radius 3 is 2.80 bits per heavy atom. The van der Waals surface area contributed by atoms with Gasteiger partial charge >= 0.3 is 0 Å². The SMILES string of the molecule is Cc1ncc(Br)n1C1CC1. The average Bonchev–Trinajstić information content (AvgIpc) is 2.64. The van der Waals surface area contributed by atoms with Crippen molar-refractivity contribution in [2.24, 2.45) is 0 Å². The molecule has 0 aromatic carbocycles. The first-order chi connectivity index (χ1) is 4.79.